The van der Waals surface area contributed by atoms with Crippen LogP contribution in [0.3, 0.4) is 0 Å². The summed E-state index contributed by atoms with van der Waals surface area (Å²) in [6, 6.07) is 5.34. The van der Waals surface area contributed by atoms with Crippen LogP contribution in [0.4, 0.5) is 13.2 Å². The van der Waals surface area contributed by atoms with Crippen LogP contribution >= 0.6 is 0 Å². The third kappa shape index (κ3) is 3.97. The number of alkyl halides is 3. The number of aliphatic hydroxyl groups is 1. The summed E-state index contributed by atoms with van der Waals surface area (Å²) in [7, 11) is 0. The number of benzene rings is 1. The van der Waals surface area contributed by atoms with Crippen LogP contribution in [0, 0.1) is 5.41 Å². The summed E-state index contributed by atoms with van der Waals surface area (Å²) >= 11 is 0. The standard InChI is InChI=1S/C27H32F3NO2.CH4/c1-15(2)23-21-22(20-18(31-23)13-25(3,4)14-19(20)32)26(11-5-6-12-26)33-24(21)16-7-9-17(10-8-16)27(28,29)30;/h7-10,15,19,24,32H,5-6,11-14H2,1-4H3;1H4/t19-,24+;/m0./s1. The van der Waals surface area contributed by atoms with Crippen molar-refractivity contribution >= 4 is 0 Å². The van der Waals surface area contributed by atoms with Gasteiger partial charge in [0.15, 0.2) is 0 Å². The molecule has 3 nitrogen and oxygen atoms in total. The average Bonchev–Trinajstić information content (AvgIpc) is 3.31. The van der Waals surface area contributed by atoms with Gasteiger partial charge in [-0.2, -0.15) is 13.2 Å². The summed E-state index contributed by atoms with van der Waals surface area (Å²) in [5.74, 6) is 0.128. The van der Waals surface area contributed by atoms with Gasteiger partial charge in [-0.1, -0.05) is 60.1 Å². The van der Waals surface area contributed by atoms with Crippen molar-refractivity contribution in [1.29, 1.82) is 0 Å². The van der Waals surface area contributed by atoms with Gasteiger partial charge in [0, 0.05) is 22.5 Å². The fourth-order valence-corrected chi connectivity index (χ4v) is 6.26. The van der Waals surface area contributed by atoms with E-state index in [1.165, 1.54) is 12.1 Å². The molecule has 1 saturated carbocycles. The summed E-state index contributed by atoms with van der Waals surface area (Å²) in [6.45, 7) is 8.53. The first-order valence-electron chi connectivity index (χ1n) is 12.0. The number of aliphatic hydroxyl groups excluding tert-OH is 1. The minimum atomic E-state index is -4.37. The van der Waals surface area contributed by atoms with E-state index < -0.39 is 29.5 Å². The van der Waals surface area contributed by atoms with Gasteiger partial charge in [0.25, 0.3) is 0 Å². The third-order valence-corrected chi connectivity index (χ3v) is 7.67. The van der Waals surface area contributed by atoms with E-state index in [0.717, 1.165) is 72.3 Å². The zero-order valence-corrected chi connectivity index (χ0v) is 19.7. The molecule has 1 fully saturated rings. The summed E-state index contributed by atoms with van der Waals surface area (Å²) in [5, 5.41) is 11.3. The number of fused-ring (bicyclic) bond motifs is 4. The highest BCUT2D eigenvalue weighted by Gasteiger charge is 2.52. The first-order valence-corrected chi connectivity index (χ1v) is 12.0. The van der Waals surface area contributed by atoms with E-state index in [1.54, 1.807) is 0 Å². The highest BCUT2D eigenvalue weighted by atomic mass is 19.4. The topological polar surface area (TPSA) is 42.4 Å². The summed E-state index contributed by atoms with van der Waals surface area (Å²) in [4.78, 5) is 5.10. The molecule has 3 aliphatic rings. The van der Waals surface area contributed by atoms with Crippen LogP contribution in [-0.2, 0) is 22.9 Å². The molecule has 0 saturated heterocycles. The molecule has 0 amide bonds. The van der Waals surface area contributed by atoms with E-state index in [-0.39, 0.29) is 18.8 Å². The highest BCUT2D eigenvalue weighted by Crippen LogP contribution is 2.59. The van der Waals surface area contributed by atoms with Gasteiger partial charge in [0.2, 0.25) is 0 Å². The van der Waals surface area contributed by atoms with Crippen molar-refractivity contribution < 1.29 is 23.0 Å². The van der Waals surface area contributed by atoms with Crippen LogP contribution in [0.5, 0.6) is 0 Å². The Morgan fingerprint density at radius 2 is 1.68 bits per heavy atom. The van der Waals surface area contributed by atoms with Crippen LogP contribution in [0.25, 0.3) is 0 Å². The Bertz CT molecular complexity index is 1070. The quantitative estimate of drug-likeness (QED) is 0.483. The lowest BCUT2D eigenvalue weighted by Gasteiger charge is -2.38. The smallest absolute Gasteiger partial charge is 0.388 e. The number of hydrogen-bond acceptors (Lipinski definition) is 3. The van der Waals surface area contributed by atoms with Crippen molar-refractivity contribution in [2.45, 2.75) is 104 Å². The zero-order chi connectivity index (χ0) is 23.8. The molecule has 0 bridgehead atoms. The number of hydrogen-bond donors (Lipinski definition) is 1. The van der Waals surface area contributed by atoms with Crippen molar-refractivity contribution in [3.8, 4) is 0 Å². The lowest BCUT2D eigenvalue weighted by atomic mass is 9.70. The fraction of sp³-hybridized carbons (Fsp3) is 0.607. The summed E-state index contributed by atoms with van der Waals surface area (Å²) in [6.07, 6.45) is -0.202. The van der Waals surface area contributed by atoms with Crippen LogP contribution in [-0.4, -0.2) is 10.1 Å². The van der Waals surface area contributed by atoms with Gasteiger partial charge < -0.3 is 9.84 Å². The van der Waals surface area contributed by atoms with Crippen LogP contribution in [0.2, 0.25) is 0 Å². The molecule has 0 unspecified atom stereocenters. The molecule has 2 aromatic rings. The SMILES string of the molecule is C.CC(C)c1nc2c(c3c1[C@@H](c1ccc(C(F)(F)F)cc1)OC31CCCC1)[C@@H](O)CC(C)(C)C2. The molecule has 6 heteroatoms. The summed E-state index contributed by atoms with van der Waals surface area (Å²) in [5.41, 5.74) is 4.40. The normalized spacial score (nSPS) is 24.7. The molecular weight excluding hydrogens is 439 g/mol. The molecule has 1 spiro atoms. The van der Waals surface area contributed by atoms with E-state index in [4.69, 9.17) is 9.72 Å². The molecule has 2 atom stereocenters. The van der Waals surface area contributed by atoms with Crippen LogP contribution in [0.15, 0.2) is 24.3 Å². The van der Waals surface area contributed by atoms with Crippen molar-refractivity contribution in [1.82, 2.24) is 4.98 Å². The van der Waals surface area contributed by atoms with Gasteiger partial charge in [-0.3, -0.25) is 4.98 Å². The first-order chi connectivity index (χ1) is 15.4. The molecule has 34 heavy (non-hydrogen) atoms. The molecule has 5 rings (SSSR count). The van der Waals surface area contributed by atoms with Gasteiger partial charge in [0.05, 0.1) is 17.3 Å². The van der Waals surface area contributed by atoms with Crippen molar-refractivity contribution in [2.75, 3.05) is 0 Å². The average molecular weight is 476 g/mol. The predicted octanol–water partition coefficient (Wildman–Crippen LogP) is 7.75. The Hall–Kier alpha value is -1.92. The number of aromatic nitrogens is 1. The number of nitrogens with zero attached hydrogens (tertiary/aromatic N) is 1. The lowest BCUT2D eigenvalue weighted by Crippen LogP contribution is -2.32. The Morgan fingerprint density at radius 3 is 2.24 bits per heavy atom. The molecule has 1 aromatic carbocycles. The predicted molar refractivity (Wildman–Crippen MR) is 127 cm³/mol. The van der Waals surface area contributed by atoms with Crippen molar-refractivity contribution in [3.63, 3.8) is 0 Å². The van der Waals surface area contributed by atoms with Gasteiger partial charge in [-0.25, -0.2) is 0 Å². The maximum Gasteiger partial charge on any atom is 0.416 e. The van der Waals surface area contributed by atoms with E-state index >= 15 is 0 Å². The van der Waals surface area contributed by atoms with E-state index in [0.29, 0.717) is 12.0 Å². The van der Waals surface area contributed by atoms with Gasteiger partial charge in [0.1, 0.15) is 6.10 Å². The maximum absolute atomic E-state index is 13.2. The second-order valence-corrected chi connectivity index (χ2v) is 11.2. The lowest BCUT2D eigenvalue weighted by molar-refractivity contribution is -0.137. The molecular formula is C28H36F3NO2. The Balaban J connectivity index is 0.00000274. The number of pyridine rings is 1. The summed E-state index contributed by atoms with van der Waals surface area (Å²) < 4.78 is 46.3. The molecule has 1 aliphatic heterocycles. The second kappa shape index (κ2) is 8.34. The van der Waals surface area contributed by atoms with Gasteiger partial charge >= 0.3 is 6.18 Å². The Labute approximate surface area is 200 Å². The molecule has 2 heterocycles. The van der Waals surface area contributed by atoms with Gasteiger partial charge in [-0.15, -0.1) is 0 Å². The van der Waals surface area contributed by atoms with Crippen LogP contribution < -0.4 is 0 Å². The van der Waals surface area contributed by atoms with E-state index in [2.05, 4.69) is 27.7 Å². The fourth-order valence-electron chi connectivity index (χ4n) is 6.26. The van der Waals surface area contributed by atoms with Crippen molar-refractivity contribution in [2.24, 2.45) is 5.41 Å². The third-order valence-electron chi connectivity index (χ3n) is 7.67. The molecule has 0 radical (unpaired) electrons. The number of halogens is 3. The minimum Gasteiger partial charge on any atom is -0.388 e. The molecule has 1 N–H and O–H groups in total. The molecule has 186 valence electrons. The Morgan fingerprint density at radius 1 is 1.06 bits per heavy atom. The first kappa shape index (κ1) is 25.2. The second-order valence-electron chi connectivity index (χ2n) is 11.2. The zero-order valence-electron chi connectivity index (χ0n) is 19.7. The van der Waals surface area contributed by atoms with E-state index in [9.17, 15) is 18.3 Å². The number of ether oxygens (including phenoxy) is 1. The van der Waals surface area contributed by atoms with Gasteiger partial charge in [-0.05, 0) is 60.3 Å². The van der Waals surface area contributed by atoms with E-state index in [1.807, 2.05) is 0 Å². The largest absolute Gasteiger partial charge is 0.416 e. The number of rotatable bonds is 2. The monoisotopic (exact) mass is 475 g/mol. The van der Waals surface area contributed by atoms with Crippen molar-refractivity contribution in [3.05, 3.63) is 63.5 Å². The highest BCUT2D eigenvalue weighted by molar-refractivity contribution is 5.54. The van der Waals surface area contributed by atoms with Crippen LogP contribution in [0.1, 0.15) is 125 Å². The molecule has 1 aromatic heterocycles. The maximum atomic E-state index is 13.2. The Kier molecular flexibility index (Phi) is 6.17. The minimum absolute atomic E-state index is 0. The molecule has 2 aliphatic carbocycles.